The fourth-order valence-electron chi connectivity index (χ4n) is 1.68. The summed E-state index contributed by atoms with van der Waals surface area (Å²) in [7, 11) is 1.26. The van der Waals surface area contributed by atoms with E-state index in [4.69, 9.17) is 0 Å². The van der Waals surface area contributed by atoms with Crippen molar-refractivity contribution in [3.05, 3.63) is 22.1 Å². The number of piperazine rings is 1. The van der Waals surface area contributed by atoms with Crippen LogP contribution >= 0.6 is 0 Å². The monoisotopic (exact) mass is 238 g/mol. The zero-order chi connectivity index (χ0) is 12.3. The third kappa shape index (κ3) is 2.62. The summed E-state index contributed by atoms with van der Waals surface area (Å²) in [5.41, 5.74) is -0.321. The standard InChI is InChI=1S/C10H14N4O3/c1-17-9(16)7-6-8(15)13-10(12-7)14-4-2-11-3-5-14/h6,11H,2-5H2,1H3,(H,12,13,15). The number of H-pyrrole nitrogens is 1. The molecule has 1 fully saturated rings. The molecule has 2 heterocycles. The van der Waals surface area contributed by atoms with E-state index in [1.165, 1.54) is 7.11 Å². The minimum absolute atomic E-state index is 0.0322. The maximum Gasteiger partial charge on any atom is 0.357 e. The summed E-state index contributed by atoms with van der Waals surface area (Å²) in [5.74, 6) is -0.188. The van der Waals surface area contributed by atoms with Crippen LogP contribution in [-0.2, 0) is 4.74 Å². The van der Waals surface area contributed by atoms with Crippen molar-refractivity contribution in [1.29, 1.82) is 0 Å². The number of ether oxygens (including phenoxy) is 1. The van der Waals surface area contributed by atoms with E-state index < -0.39 is 5.97 Å². The van der Waals surface area contributed by atoms with Crippen LogP contribution in [0.5, 0.6) is 0 Å². The molecule has 1 aromatic rings. The van der Waals surface area contributed by atoms with Gasteiger partial charge in [0, 0.05) is 32.2 Å². The molecule has 1 aliphatic rings. The lowest BCUT2D eigenvalue weighted by atomic mass is 10.3. The average molecular weight is 238 g/mol. The van der Waals surface area contributed by atoms with Gasteiger partial charge in [-0.15, -0.1) is 0 Å². The normalized spacial score (nSPS) is 15.7. The molecule has 0 radical (unpaired) electrons. The maximum atomic E-state index is 11.4. The van der Waals surface area contributed by atoms with Gasteiger partial charge in [0.15, 0.2) is 5.69 Å². The molecule has 7 nitrogen and oxygen atoms in total. The van der Waals surface area contributed by atoms with Gasteiger partial charge in [-0.25, -0.2) is 9.78 Å². The Hall–Kier alpha value is -1.89. The molecule has 0 aromatic carbocycles. The highest BCUT2D eigenvalue weighted by atomic mass is 16.5. The Balaban J connectivity index is 2.30. The predicted molar refractivity (Wildman–Crippen MR) is 61.3 cm³/mol. The lowest BCUT2D eigenvalue weighted by molar-refractivity contribution is 0.0593. The summed E-state index contributed by atoms with van der Waals surface area (Å²) in [6.07, 6.45) is 0. The third-order valence-electron chi connectivity index (χ3n) is 2.54. The number of hydrogen-bond donors (Lipinski definition) is 2. The van der Waals surface area contributed by atoms with Gasteiger partial charge in [0.1, 0.15) is 0 Å². The summed E-state index contributed by atoms with van der Waals surface area (Å²) in [5, 5.41) is 3.19. The van der Waals surface area contributed by atoms with E-state index in [0.29, 0.717) is 5.95 Å². The topological polar surface area (TPSA) is 87.3 Å². The highest BCUT2D eigenvalue weighted by Gasteiger charge is 2.16. The van der Waals surface area contributed by atoms with Gasteiger partial charge in [-0.3, -0.25) is 9.78 Å². The fraction of sp³-hybridized carbons (Fsp3) is 0.500. The maximum absolute atomic E-state index is 11.4. The molecule has 0 spiro atoms. The van der Waals surface area contributed by atoms with Crippen LogP contribution in [0.1, 0.15) is 10.5 Å². The van der Waals surface area contributed by atoms with Crippen molar-refractivity contribution in [3.8, 4) is 0 Å². The highest BCUT2D eigenvalue weighted by molar-refractivity contribution is 5.87. The van der Waals surface area contributed by atoms with Gasteiger partial charge >= 0.3 is 5.97 Å². The van der Waals surface area contributed by atoms with Crippen molar-refractivity contribution in [2.75, 3.05) is 38.2 Å². The molecule has 1 saturated heterocycles. The highest BCUT2D eigenvalue weighted by Crippen LogP contribution is 2.06. The molecule has 92 valence electrons. The van der Waals surface area contributed by atoms with Gasteiger partial charge in [0.25, 0.3) is 5.56 Å². The molecule has 0 bridgehead atoms. The van der Waals surface area contributed by atoms with E-state index >= 15 is 0 Å². The first-order chi connectivity index (χ1) is 8.20. The van der Waals surface area contributed by atoms with E-state index in [-0.39, 0.29) is 11.3 Å². The number of carbonyl (C=O) groups excluding carboxylic acids is 1. The molecule has 0 aliphatic carbocycles. The minimum atomic E-state index is -0.604. The van der Waals surface area contributed by atoms with Crippen LogP contribution < -0.4 is 15.8 Å². The van der Waals surface area contributed by atoms with Crippen molar-refractivity contribution in [3.63, 3.8) is 0 Å². The largest absolute Gasteiger partial charge is 0.464 e. The Kier molecular flexibility index (Phi) is 3.38. The number of methoxy groups -OCH3 is 1. The number of rotatable bonds is 2. The van der Waals surface area contributed by atoms with Crippen molar-refractivity contribution in [2.45, 2.75) is 0 Å². The second-order valence-corrected chi connectivity index (χ2v) is 3.68. The predicted octanol–water partition coefficient (Wildman–Crippen LogP) is -1.03. The van der Waals surface area contributed by atoms with Crippen LogP contribution in [0.15, 0.2) is 10.9 Å². The van der Waals surface area contributed by atoms with E-state index in [0.717, 1.165) is 32.2 Å². The Labute approximate surface area is 97.8 Å². The molecule has 7 heteroatoms. The molecule has 0 saturated carbocycles. The first-order valence-electron chi connectivity index (χ1n) is 5.36. The van der Waals surface area contributed by atoms with Gasteiger partial charge in [-0.05, 0) is 0 Å². The minimum Gasteiger partial charge on any atom is -0.464 e. The second kappa shape index (κ2) is 4.96. The van der Waals surface area contributed by atoms with Crippen molar-refractivity contribution < 1.29 is 9.53 Å². The zero-order valence-corrected chi connectivity index (χ0v) is 9.52. The SMILES string of the molecule is COC(=O)c1cc(=O)[nH]c(N2CCNCC2)n1. The third-order valence-corrected chi connectivity index (χ3v) is 2.54. The van der Waals surface area contributed by atoms with Crippen LogP contribution in [0.4, 0.5) is 5.95 Å². The van der Waals surface area contributed by atoms with Crippen LogP contribution in [0.25, 0.3) is 0 Å². The lowest BCUT2D eigenvalue weighted by Crippen LogP contribution is -2.44. The van der Waals surface area contributed by atoms with Gasteiger partial charge in [-0.2, -0.15) is 0 Å². The van der Waals surface area contributed by atoms with E-state index in [1.54, 1.807) is 0 Å². The molecule has 2 rings (SSSR count). The molecule has 0 unspecified atom stereocenters. The zero-order valence-electron chi connectivity index (χ0n) is 9.52. The number of aromatic nitrogens is 2. The van der Waals surface area contributed by atoms with Crippen molar-refractivity contribution >= 4 is 11.9 Å². The Morgan fingerprint density at radius 2 is 2.18 bits per heavy atom. The Morgan fingerprint density at radius 3 is 2.82 bits per heavy atom. The number of nitrogens with one attached hydrogen (secondary N) is 2. The van der Waals surface area contributed by atoms with E-state index in [9.17, 15) is 9.59 Å². The summed E-state index contributed by atoms with van der Waals surface area (Å²) < 4.78 is 4.55. The smallest absolute Gasteiger partial charge is 0.357 e. The molecule has 2 N–H and O–H groups in total. The molecular weight excluding hydrogens is 224 g/mol. The van der Waals surface area contributed by atoms with Crippen LogP contribution in [-0.4, -0.2) is 49.2 Å². The number of esters is 1. The van der Waals surface area contributed by atoms with Gasteiger partial charge in [-0.1, -0.05) is 0 Å². The van der Waals surface area contributed by atoms with Gasteiger partial charge in [0.05, 0.1) is 7.11 Å². The molecule has 0 amide bonds. The molecular formula is C10H14N4O3. The molecule has 0 atom stereocenters. The number of carbonyl (C=O) groups is 1. The van der Waals surface area contributed by atoms with Gasteiger partial charge in [0.2, 0.25) is 5.95 Å². The summed E-state index contributed by atoms with van der Waals surface area (Å²) in [6.45, 7) is 3.14. The first kappa shape index (κ1) is 11.6. The number of aromatic amines is 1. The van der Waals surface area contributed by atoms with Crippen molar-refractivity contribution in [1.82, 2.24) is 15.3 Å². The molecule has 1 aliphatic heterocycles. The fourth-order valence-corrected chi connectivity index (χ4v) is 1.68. The number of nitrogens with zero attached hydrogens (tertiary/aromatic N) is 2. The molecule has 1 aromatic heterocycles. The molecule has 17 heavy (non-hydrogen) atoms. The van der Waals surface area contributed by atoms with Crippen LogP contribution in [0.2, 0.25) is 0 Å². The summed E-state index contributed by atoms with van der Waals surface area (Å²) in [4.78, 5) is 31.4. The summed E-state index contributed by atoms with van der Waals surface area (Å²) in [6, 6.07) is 1.14. The average Bonchev–Trinajstić information content (AvgIpc) is 2.38. The number of hydrogen-bond acceptors (Lipinski definition) is 6. The Bertz CT molecular complexity index is 465. The van der Waals surface area contributed by atoms with E-state index in [1.807, 2.05) is 4.90 Å². The lowest BCUT2D eigenvalue weighted by Gasteiger charge is -2.27. The first-order valence-corrected chi connectivity index (χ1v) is 5.36. The van der Waals surface area contributed by atoms with Gasteiger partial charge < -0.3 is 15.0 Å². The van der Waals surface area contributed by atoms with Crippen LogP contribution in [0.3, 0.4) is 0 Å². The van der Waals surface area contributed by atoms with Crippen molar-refractivity contribution in [2.24, 2.45) is 0 Å². The van der Waals surface area contributed by atoms with Crippen LogP contribution in [0, 0.1) is 0 Å². The quantitative estimate of drug-likeness (QED) is 0.640. The second-order valence-electron chi connectivity index (χ2n) is 3.68. The van der Waals surface area contributed by atoms with E-state index in [2.05, 4.69) is 20.0 Å². The summed E-state index contributed by atoms with van der Waals surface area (Å²) >= 11 is 0. The number of anilines is 1. The Morgan fingerprint density at radius 1 is 1.47 bits per heavy atom.